The highest BCUT2D eigenvalue weighted by Crippen LogP contribution is 2.57. The second-order valence-electron chi connectivity index (χ2n) is 10.3. The number of hydrogen-bond acceptors (Lipinski definition) is 6. The molecule has 6 rings (SSSR count). The summed E-state index contributed by atoms with van der Waals surface area (Å²) in [6, 6.07) is 12.7. The lowest BCUT2D eigenvalue weighted by molar-refractivity contribution is 0.0554. The van der Waals surface area contributed by atoms with Crippen LogP contribution in [0.3, 0.4) is 0 Å². The molecule has 3 aliphatic rings. The van der Waals surface area contributed by atoms with Gasteiger partial charge >= 0.3 is 0 Å². The molecule has 2 fully saturated rings. The largest absolute Gasteiger partial charge is 0.392 e. The van der Waals surface area contributed by atoms with Crippen LogP contribution in [0.2, 0.25) is 0 Å². The van der Waals surface area contributed by atoms with E-state index in [-0.39, 0.29) is 23.2 Å². The second kappa shape index (κ2) is 8.94. The molecule has 1 aromatic heterocycles. The van der Waals surface area contributed by atoms with E-state index in [2.05, 4.69) is 25.8 Å². The summed E-state index contributed by atoms with van der Waals surface area (Å²) >= 11 is 0. The molecular formula is C28H30FN5O2. The third-order valence-electron chi connectivity index (χ3n) is 7.67. The van der Waals surface area contributed by atoms with Gasteiger partial charge in [0.1, 0.15) is 5.82 Å². The molecule has 0 radical (unpaired) electrons. The average molecular weight is 488 g/mol. The maximum absolute atomic E-state index is 14.2. The molecule has 2 aromatic carbocycles. The summed E-state index contributed by atoms with van der Waals surface area (Å²) in [5.74, 6) is 0.297. The van der Waals surface area contributed by atoms with E-state index in [0.29, 0.717) is 42.3 Å². The van der Waals surface area contributed by atoms with Crippen LogP contribution in [0.5, 0.6) is 0 Å². The highest BCUT2D eigenvalue weighted by atomic mass is 19.1. The minimum absolute atomic E-state index is 0.0296. The lowest BCUT2D eigenvalue weighted by atomic mass is 9.97. The van der Waals surface area contributed by atoms with E-state index in [0.717, 1.165) is 38.2 Å². The van der Waals surface area contributed by atoms with Crippen LogP contribution in [0.15, 0.2) is 54.9 Å². The first kappa shape index (κ1) is 23.1. The Balaban J connectivity index is 1.24. The van der Waals surface area contributed by atoms with Crippen molar-refractivity contribution in [2.24, 2.45) is 0 Å². The number of piperazine rings is 1. The molecule has 3 heterocycles. The standard InChI is InChI=1S/C28H30FN5O2/c1-19(35)17-32-10-12-33(13-11-32)26(36)20-6-7-23-25(14-20)34(18-28(23)8-9-28)27-30-15-21(16-31-27)22-4-2-3-5-24(22)29/h2-7,14-16,19,35H,8-13,17-18H2,1H3/t19-/m0/s1. The first-order valence-corrected chi connectivity index (χ1v) is 12.6. The van der Waals surface area contributed by atoms with Crippen molar-refractivity contribution < 1.29 is 14.3 Å². The van der Waals surface area contributed by atoms with Crippen LogP contribution < -0.4 is 4.90 Å². The first-order valence-electron chi connectivity index (χ1n) is 12.6. The molecule has 0 bridgehead atoms. The summed E-state index contributed by atoms with van der Waals surface area (Å²) in [5, 5.41) is 9.65. The fourth-order valence-corrected chi connectivity index (χ4v) is 5.55. The molecule has 3 aromatic rings. The van der Waals surface area contributed by atoms with Gasteiger partial charge in [-0.1, -0.05) is 24.3 Å². The number of halogens is 1. The average Bonchev–Trinajstić information content (AvgIpc) is 3.60. The van der Waals surface area contributed by atoms with Gasteiger partial charge in [-0.25, -0.2) is 14.4 Å². The van der Waals surface area contributed by atoms with Crippen molar-refractivity contribution >= 4 is 17.5 Å². The number of anilines is 2. The number of fused-ring (bicyclic) bond motifs is 2. The van der Waals surface area contributed by atoms with Crippen molar-refractivity contribution in [2.75, 3.05) is 44.2 Å². The van der Waals surface area contributed by atoms with Crippen molar-refractivity contribution in [1.29, 1.82) is 0 Å². The molecule has 2 aliphatic heterocycles. The van der Waals surface area contributed by atoms with Crippen molar-refractivity contribution in [3.8, 4) is 11.1 Å². The minimum atomic E-state index is -0.368. The van der Waals surface area contributed by atoms with Gasteiger partial charge in [0.05, 0.1) is 6.10 Å². The Hall–Kier alpha value is -3.36. The Labute approximate surface area is 210 Å². The summed E-state index contributed by atoms with van der Waals surface area (Å²) in [7, 11) is 0. The molecule has 1 aliphatic carbocycles. The van der Waals surface area contributed by atoms with Gasteiger partial charge in [-0.15, -0.1) is 0 Å². The zero-order valence-electron chi connectivity index (χ0n) is 20.4. The zero-order valence-corrected chi connectivity index (χ0v) is 20.4. The van der Waals surface area contributed by atoms with Crippen LogP contribution in [-0.2, 0) is 5.41 Å². The van der Waals surface area contributed by atoms with E-state index >= 15 is 0 Å². The highest BCUT2D eigenvalue weighted by molar-refractivity contribution is 5.96. The van der Waals surface area contributed by atoms with Gasteiger partial charge in [0, 0.05) is 79.5 Å². The number of hydrogen-bond donors (Lipinski definition) is 1. The molecule has 7 nitrogen and oxygen atoms in total. The Bertz CT molecular complexity index is 1280. The molecule has 8 heteroatoms. The number of aromatic nitrogens is 2. The number of aliphatic hydroxyl groups excluding tert-OH is 1. The zero-order chi connectivity index (χ0) is 24.9. The molecule has 1 atom stereocenters. The predicted molar refractivity (Wildman–Crippen MR) is 136 cm³/mol. The van der Waals surface area contributed by atoms with Crippen LogP contribution in [-0.4, -0.2) is 76.2 Å². The van der Waals surface area contributed by atoms with Crippen molar-refractivity contribution in [3.63, 3.8) is 0 Å². The molecule has 1 saturated carbocycles. The quantitative estimate of drug-likeness (QED) is 0.593. The van der Waals surface area contributed by atoms with Crippen molar-refractivity contribution in [2.45, 2.75) is 31.3 Å². The third kappa shape index (κ3) is 4.14. The summed E-state index contributed by atoms with van der Waals surface area (Å²) in [4.78, 5) is 28.7. The van der Waals surface area contributed by atoms with Gasteiger partial charge in [-0.05, 0) is 43.5 Å². The van der Waals surface area contributed by atoms with E-state index in [1.807, 2.05) is 17.0 Å². The normalized spacial score (nSPS) is 19.4. The Morgan fingerprint density at radius 3 is 2.47 bits per heavy atom. The number of benzene rings is 2. The molecule has 0 unspecified atom stereocenters. The number of carbonyl (C=O) groups excluding carboxylic acids is 1. The Morgan fingerprint density at radius 1 is 1.08 bits per heavy atom. The highest BCUT2D eigenvalue weighted by Gasteiger charge is 2.52. The van der Waals surface area contributed by atoms with E-state index in [9.17, 15) is 14.3 Å². The SMILES string of the molecule is C[C@H](O)CN1CCN(C(=O)c2ccc3c(c2)N(c2ncc(-c4ccccc4F)cn2)CC32CC2)CC1. The van der Waals surface area contributed by atoms with Crippen LogP contribution in [0.4, 0.5) is 16.0 Å². The lowest BCUT2D eigenvalue weighted by Gasteiger charge is -2.35. The predicted octanol–water partition coefficient (Wildman–Crippen LogP) is 3.60. The van der Waals surface area contributed by atoms with E-state index in [1.54, 1.807) is 37.5 Å². The number of nitrogens with zero attached hydrogens (tertiary/aromatic N) is 5. The van der Waals surface area contributed by atoms with Crippen molar-refractivity contribution in [3.05, 3.63) is 71.8 Å². The number of carbonyl (C=O) groups is 1. The summed E-state index contributed by atoms with van der Waals surface area (Å²) in [5.41, 5.74) is 4.13. The first-order chi connectivity index (χ1) is 17.4. The monoisotopic (exact) mass is 487 g/mol. The third-order valence-corrected chi connectivity index (χ3v) is 7.67. The van der Waals surface area contributed by atoms with E-state index in [4.69, 9.17) is 0 Å². The second-order valence-corrected chi connectivity index (χ2v) is 10.3. The molecule has 36 heavy (non-hydrogen) atoms. The van der Waals surface area contributed by atoms with Gasteiger partial charge in [0.15, 0.2) is 0 Å². The number of β-amino-alcohol motifs (C(OH)–C–C–N with tert-alkyl or cyclic N) is 1. The Morgan fingerprint density at radius 2 is 1.81 bits per heavy atom. The number of rotatable bonds is 5. The van der Waals surface area contributed by atoms with Gasteiger partial charge in [-0.3, -0.25) is 9.69 Å². The summed E-state index contributed by atoms with van der Waals surface area (Å²) < 4.78 is 14.2. The van der Waals surface area contributed by atoms with Crippen LogP contribution >= 0.6 is 0 Å². The van der Waals surface area contributed by atoms with Crippen molar-refractivity contribution in [1.82, 2.24) is 19.8 Å². The maximum Gasteiger partial charge on any atom is 0.254 e. The molecule has 1 N–H and O–H groups in total. The van der Waals surface area contributed by atoms with Crippen LogP contribution in [0.1, 0.15) is 35.7 Å². The van der Waals surface area contributed by atoms with Gasteiger partial charge in [-0.2, -0.15) is 0 Å². The van der Waals surface area contributed by atoms with E-state index < -0.39 is 0 Å². The molecule has 1 saturated heterocycles. The van der Waals surface area contributed by atoms with E-state index in [1.165, 1.54) is 11.6 Å². The number of amides is 1. The fraction of sp³-hybridized carbons (Fsp3) is 0.393. The van der Waals surface area contributed by atoms with Crippen LogP contribution in [0, 0.1) is 5.82 Å². The molecular weight excluding hydrogens is 457 g/mol. The molecule has 1 amide bonds. The molecule has 186 valence electrons. The fourth-order valence-electron chi connectivity index (χ4n) is 5.55. The minimum Gasteiger partial charge on any atom is -0.392 e. The van der Waals surface area contributed by atoms with Gasteiger partial charge in [0.25, 0.3) is 5.91 Å². The molecule has 1 spiro atoms. The van der Waals surface area contributed by atoms with Gasteiger partial charge in [0.2, 0.25) is 5.95 Å². The summed E-state index contributed by atoms with van der Waals surface area (Å²) in [6.45, 7) is 6.04. The topological polar surface area (TPSA) is 72.8 Å². The maximum atomic E-state index is 14.2. The van der Waals surface area contributed by atoms with Gasteiger partial charge < -0.3 is 14.9 Å². The summed E-state index contributed by atoms with van der Waals surface area (Å²) in [6.07, 6.45) is 5.19. The Kier molecular flexibility index (Phi) is 5.73. The van der Waals surface area contributed by atoms with Crippen LogP contribution in [0.25, 0.3) is 11.1 Å². The lowest BCUT2D eigenvalue weighted by Crippen LogP contribution is -2.50. The smallest absolute Gasteiger partial charge is 0.254 e. The number of aliphatic hydroxyl groups is 1.